The van der Waals surface area contributed by atoms with Gasteiger partial charge in [0.2, 0.25) is 5.91 Å². The first-order chi connectivity index (χ1) is 37.3. The average molecular weight is 1110 g/mol. The molecule has 3 rings (SSSR count). The van der Waals surface area contributed by atoms with Gasteiger partial charge in [-0.25, -0.2) is 0 Å². The quantitative estimate of drug-likeness (QED) is 0.0330. The second kappa shape index (κ2) is 42.6. The van der Waals surface area contributed by atoms with Crippen LogP contribution in [0.3, 0.4) is 0 Å². The summed E-state index contributed by atoms with van der Waals surface area (Å²) in [5.74, 6) is -0.250. The number of ether oxygens (including phenoxy) is 6. The molecule has 1 amide bonds. The fraction of sp³-hybridized carbons (Fsp3) is 0.983. The van der Waals surface area contributed by atoms with Crippen molar-refractivity contribution in [3.8, 4) is 0 Å². The second-order valence-electron chi connectivity index (χ2n) is 22.5. The summed E-state index contributed by atoms with van der Waals surface area (Å²) in [6.07, 6.45) is 14.9. The number of nitrogens with one attached hydrogen (secondary N) is 1. The van der Waals surface area contributed by atoms with Crippen molar-refractivity contribution in [1.82, 2.24) is 5.32 Å². The number of carbonyl (C=O) groups is 1. The van der Waals surface area contributed by atoms with Crippen LogP contribution in [-0.4, -0.2) is 193 Å². The first kappa shape index (κ1) is 70.1. The Bertz CT molecular complexity index is 1420. The van der Waals surface area contributed by atoms with Crippen molar-refractivity contribution in [2.45, 2.75) is 336 Å². The van der Waals surface area contributed by atoms with Crippen molar-refractivity contribution in [2.24, 2.45) is 0 Å². The number of carbonyl (C=O) groups excluding carboxylic acids is 1. The predicted molar refractivity (Wildman–Crippen MR) is 291 cm³/mol. The zero-order chi connectivity index (χ0) is 56.2. The summed E-state index contributed by atoms with van der Waals surface area (Å²) >= 11 is 0. The first-order valence-electron chi connectivity index (χ1n) is 30.8. The lowest BCUT2D eigenvalue weighted by Gasteiger charge is -2.48. The molecule has 0 aromatic rings. The van der Waals surface area contributed by atoms with E-state index in [4.69, 9.17) is 28.4 Å². The minimum absolute atomic E-state index is 0.250. The summed E-state index contributed by atoms with van der Waals surface area (Å²) < 4.78 is 34.0. The van der Waals surface area contributed by atoms with Crippen LogP contribution in [-0.2, 0) is 33.2 Å². The number of aliphatic hydroxyl groups excluding tert-OH is 11. The monoisotopic (exact) mass is 1110 g/mol. The molecule has 12 N–H and O–H groups in total. The van der Waals surface area contributed by atoms with Gasteiger partial charge in [-0.2, -0.15) is 0 Å². The lowest BCUT2D eigenvalue weighted by molar-refractivity contribution is -0.379. The standard InChI is InChI=1S/C58H111NO18/c1-3-5-7-8-9-10-11-12-13-14-15-16-17-18-19-20-21-22-23-24-25-26-27-28-29-30-31-32-34-36-46(64)59-41(42(63)35-33-6-4-2)40-72-56-52(70)49(67)54(44(38-61)74-56)77-58-53(71)50(68)55(45(39-62)75-58)76-57-51(69)48(66)47(65)43(37-60)73-57/h41-45,47-58,60-63,65-71H,3-40H2,1-2H3,(H,59,64). The minimum atomic E-state index is -1.97. The van der Waals surface area contributed by atoms with E-state index in [1.54, 1.807) is 0 Å². The SMILES string of the molecule is CCCCCCCCCCCCCCCCCCCCCCCCCCCCCCCC(=O)NC(COC1OC(CO)C(OC2OC(CO)C(OC3OC(CO)C(O)C(O)C3O)C(O)C2O)C(O)C1O)C(O)CCCCC. The highest BCUT2D eigenvalue weighted by molar-refractivity contribution is 5.76. The molecule has 3 fully saturated rings. The number of rotatable bonds is 46. The molecule has 0 spiro atoms. The van der Waals surface area contributed by atoms with E-state index in [9.17, 15) is 61.0 Å². The van der Waals surface area contributed by atoms with E-state index in [0.29, 0.717) is 19.3 Å². The molecule has 3 aliphatic heterocycles. The maximum atomic E-state index is 13.2. The van der Waals surface area contributed by atoms with Gasteiger partial charge in [0.1, 0.15) is 73.2 Å². The number of amides is 1. The summed E-state index contributed by atoms with van der Waals surface area (Å²) in [6.45, 7) is 1.62. The van der Waals surface area contributed by atoms with Gasteiger partial charge in [0.15, 0.2) is 18.9 Å². The van der Waals surface area contributed by atoms with Gasteiger partial charge in [-0.05, 0) is 12.8 Å². The summed E-state index contributed by atoms with van der Waals surface area (Å²) in [5.41, 5.74) is 0. The van der Waals surface area contributed by atoms with Gasteiger partial charge in [0.25, 0.3) is 0 Å². The van der Waals surface area contributed by atoms with Gasteiger partial charge >= 0.3 is 0 Å². The van der Waals surface area contributed by atoms with Crippen molar-refractivity contribution in [2.75, 3.05) is 26.4 Å². The third-order valence-corrected chi connectivity index (χ3v) is 15.9. The third kappa shape index (κ3) is 26.7. The number of hydrogen-bond donors (Lipinski definition) is 12. The zero-order valence-electron chi connectivity index (χ0n) is 47.5. The van der Waals surface area contributed by atoms with E-state index in [-0.39, 0.29) is 18.9 Å². The highest BCUT2D eigenvalue weighted by atomic mass is 16.8. The molecule has 3 aliphatic rings. The molecule has 0 aromatic heterocycles. The molecule has 19 heteroatoms. The van der Waals surface area contributed by atoms with E-state index in [0.717, 1.165) is 32.1 Å². The van der Waals surface area contributed by atoms with Gasteiger partial charge in [-0.15, -0.1) is 0 Å². The van der Waals surface area contributed by atoms with Gasteiger partial charge in [0.05, 0.1) is 38.6 Å². The van der Waals surface area contributed by atoms with Gasteiger partial charge in [-0.3, -0.25) is 4.79 Å². The van der Waals surface area contributed by atoms with Crippen LogP contribution in [0.2, 0.25) is 0 Å². The van der Waals surface area contributed by atoms with E-state index in [1.807, 2.05) is 6.92 Å². The van der Waals surface area contributed by atoms with Crippen LogP contribution in [0.15, 0.2) is 0 Å². The fourth-order valence-electron chi connectivity index (χ4n) is 10.8. The molecule has 0 aliphatic carbocycles. The van der Waals surface area contributed by atoms with Crippen LogP contribution in [0.25, 0.3) is 0 Å². The van der Waals surface area contributed by atoms with E-state index < -0.39 is 124 Å². The van der Waals surface area contributed by atoms with E-state index in [1.165, 1.54) is 161 Å². The molecule has 77 heavy (non-hydrogen) atoms. The van der Waals surface area contributed by atoms with Crippen molar-refractivity contribution in [3.63, 3.8) is 0 Å². The largest absolute Gasteiger partial charge is 0.394 e. The van der Waals surface area contributed by atoms with Crippen LogP contribution in [0.4, 0.5) is 0 Å². The Morgan fingerprint density at radius 2 is 0.740 bits per heavy atom. The molecule has 19 nitrogen and oxygen atoms in total. The number of aliphatic hydroxyl groups is 11. The molecule has 3 saturated heterocycles. The summed E-state index contributed by atoms with van der Waals surface area (Å²) in [4.78, 5) is 13.2. The minimum Gasteiger partial charge on any atom is -0.394 e. The van der Waals surface area contributed by atoms with Crippen LogP contribution < -0.4 is 5.32 Å². The molecule has 3 heterocycles. The van der Waals surface area contributed by atoms with Crippen LogP contribution in [0.5, 0.6) is 0 Å². The van der Waals surface area contributed by atoms with Crippen molar-refractivity contribution < 1.29 is 89.4 Å². The van der Waals surface area contributed by atoms with E-state index in [2.05, 4.69) is 12.2 Å². The molecule has 0 bridgehead atoms. The first-order valence-corrected chi connectivity index (χ1v) is 30.8. The Morgan fingerprint density at radius 3 is 1.13 bits per heavy atom. The molecule has 0 radical (unpaired) electrons. The molecule has 456 valence electrons. The Kier molecular flexibility index (Phi) is 38.7. The highest BCUT2D eigenvalue weighted by Gasteiger charge is 2.53. The summed E-state index contributed by atoms with van der Waals surface area (Å²) in [5, 5.41) is 119. The Balaban J connectivity index is 1.28. The lowest BCUT2D eigenvalue weighted by atomic mass is 9.96. The molecule has 0 saturated carbocycles. The lowest BCUT2D eigenvalue weighted by Crippen LogP contribution is -2.66. The maximum absolute atomic E-state index is 13.2. The van der Waals surface area contributed by atoms with Crippen molar-refractivity contribution in [1.29, 1.82) is 0 Å². The highest BCUT2D eigenvalue weighted by Crippen LogP contribution is 2.33. The number of hydrogen-bond acceptors (Lipinski definition) is 18. The zero-order valence-corrected chi connectivity index (χ0v) is 47.5. The van der Waals surface area contributed by atoms with E-state index >= 15 is 0 Å². The normalized spacial score (nSPS) is 30.6. The van der Waals surface area contributed by atoms with Crippen molar-refractivity contribution in [3.05, 3.63) is 0 Å². The topological polar surface area (TPSA) is 307 Å². The molecular weight excluding hydrogens is 999 g/mol. The van der Waals surface area contributed by atoms with Gasteiger partial charge < -0.3 is 89.9 Å². The average Bonchev–Trinajstić information content (AvgIpc) is 3.43. The maximum Gasteiger partial charge on any atom is 0.220 e. The smallest absolute Gasteiger partial charge is 0.220 e. The Hall–Kier alpha value is -1.21. The van der Waals surface area contributed by atoms with Crippen LogP contribution in [0, 0.1) is 0 Å². The van der Waals surface area contributed by atoms with Gasteiger partial charge in [0, 0.05) is 6.42 Å². The number of unbranched alkanes of at least 4 members (excludes halogenated alkanes) is 30. The summed E-state index contributed by atoms with van der Waals surface area (Å²) in [6, 6.07) is -0.877. The molecule has 17 unspecified atom stereocenters. The van der Waals surface area contributed by atoms with Crippen molar-refractivity contribution >= 4 is 5.91 Å². The third-order valence-electron chi connectivity index (χ3n) is 15.9. The molecular formula is C58H111NO18. The Morgan fingerprint density at radius 1 is 0.416 bits per heavy atom. The van der Waals surface area contributed by atoms with Gasteiger partial charge in [-0.1, -0.05) is 213 Å². The predicted octanol–water partition coefficient (Wildman–Crippen LogP) is 5.60. The van der Waals surface area contributed by atoms with Crippen LogP contribution in [0.1, 0.15) is 232 Å². The summed E-state index contributed by atoms with van der Waals surface area (Å²) in [7, 11) is 0. The molecule has 0 aromatic carbocycles. The van der Waals surface area contributed by atoms with Crippen LogP contribution >= 0.6 is 0 Å². The fourth-order valence-corrected chi connectivity index (χ4v) is 10.8. The second-order valence-corrected chi connectivity index (χ2v) is 22.5. The Labute approximate surface area is 462 Å². The molecule has 17 atom stereocenters.